The summed E-state index contributed by atoms with van der Waals surface area (Å²) >= 11 is 0. The first-order chi connectivity index (χ1) is 15.6. The number of likely N-dealkylation sites (tertiary alicyclic amines) is 1. The van der Waals surface area contributed by atoms with Crippen LogP contribution in [0.15, 0.2) is 12.1 Å². The summed E-state index contributed by atoms with van der Waals surface area (Å²) in [6.45, 7) is 2.29. The molecule has 7 aliphatic rings. The van der Waals surface area contributed by atoms with Crippen molar-refractivity contribution in [3.63, 3.8) is 0 Å². The van der Waals surface area contributed by atoms with Gasteiger partial charge in [0.05, 0.1) is 11.3 Å². The highest BCUT2D eigenvalue weighted by Crippen LogP contribution is 2.69. The maximum absolute atomic E-state index is 13.0. The normalized spacial score (nSPS) is 46.9. The Morgan fingerprint density at radius 3 is 2.70 bits per heavy atom. The molecule has 8 atom stereocenters. The van der Waals surface area contributed by atoms with Crippen LogP contribution in [-0.4, -0.2) is 45.9 Å². The van der Waals surface area contributed by atoms with E-state index in [4.69, 9.17) is 0 Å². The molecule has 2 heterocycles. The number of phenols is 1. The Labute approximate surface area is 205 Å². The van der Waals surface area contributed by atoms with Crippen LogP contribution in [0, 0.1) is 29.6 Å². The van der Waals surface area contributed by atoms with E-state index < -0.39 is 5.60 Å². The van der Waals surface area contributed by atoms with Crippen LogP contribution in [0.3, 0.4) is 0 Å². The molecule has 180 valence electrons. The molecule has 5 fully saturated rings. The molecule has 4 saturated carbocycles. The molecule has 2 bridgehead atoms. The smallest absolute Gasteiger partial charge is 0.139 e. The van der Waals surface area contributed by atoms with Crippen molar-refractivity contribution in [1.29, 1.82) is 0 Å². The van der Waals surface area contributed by atoms with Crippen LogP contribution in [0.25, 0.3) is 0 Å². The minimum atomic E-state index is -0.662. The molecule has 8 rings (SSSR count). The molecule has 1 saturated heterocycles. The summed E-state index contributed by atoms with van der Waals surface area (Å²) in [5.74, 6) is 4.24. The number of benzene rings is 1. The molecule has 5 aliphatic carbocycles. The first kappa shape index (κ1) is 21.4. The van der Waals surface area contributed by atoms with Gasteiger partial charge in [0.15, 0.2) is 0 Å². The molecule has 4 nitrogen and oxygen atoms in total. The molecule has 1 aromatic carbocycles. The van der Waals surface area contributed by atoms with E-state index in [1.165, 1.54) is 69.0 Å². The fraction of sp³-hybridized carbons (Fsp3) is 0.786. The van der Waals surface area contributed by atoms with Crippen molar-refractivity contribution in [1.82, 2.24) is 4.90 Å². The highest BCUT2D eigenvalue weighted by molar-refractivity contribution is 7.59. The molecule has 1 spiro atoms. The largest absolute Gasteiger partial charge is 0.506 e. The third-order valence-corrected chi connectivity index (χ3v) is 11.6. The van der Waals surface area contributed by atoms with E-state index in [0.29, 0.717) is 23.6 Å². The minimum Gasteiger partial charge on any atom is -0.506 e. The van der Waals surface area contributed by atoms with Gasteiger partial charge in [0, 0.05) is 24.0 Å². The fourth-order valence-corrected chi connectivity index (χ4v) is 10.3. The van der Waals surface area contributed by atoms with E-state index in [1.807, 2.05) is 6.07 Å². The summed E-state index contributed by atoms with van der Waals surface area (Å²) in [6, 6.07) is 4.63. The highest BCUT2D eigenvalue weighted by Gasteiger charge is 2.73. The summed E-state index contributed by atoms with van der Waals surface area (Å²) < 4.78 is 0. The number of fused-ring (bicyclic) bond motifs is 4. The second-order valence-electron chi connectivity index (χ2n) is 12.7. The Morgan fingerprint density at radius 2 is 1.85 bits per heavy atom. The number of hydrogen-bond acceptors (Lipinski definition) is 4. The Balaban J connectivity index is 0.00000190. The number of anilines is 1. The van der Waals surface area contributed by atoms with E-state index in [1.54, 1.807) is 0 Å². The standard InChI is InChI=1S/C28H38N2O2.H2S/c31-22-10-8-18-13-23-28(32)14-21-19-4-2-1-3-17(19)7-9-20(21)26-27(28,24(18)25(22)29-26)11-12-30(23)15-16-5-6-16;/h8,10,16-17,19-21,23,26,29,31-32H,1-7,9,11-15H2;1H2/t17?,19?,20?,21?,23?,26?,27-,28+;/m0./s1. The molecule has 0 radical (unpaired) electrons. The van der Waals surface area contributed by atoms with Crippen molar-refractivity contribution >= 4 is 19.2 Å². The number of hydrogen-bond donors (Lipinski definition) is 3. The van der Waals surface area contributed by atoms with Gasteiger partial charge in [-0.3, -0.25) is 4.90 Å². The molecular formula is C28H40N2O2S. The SMILES string of the molecule is Oc1ccc2c3c1NC1C4CCC5CCCCC5C4C[C@@]4(O)C(C2)N(CC2CC2)CC[C@]314.S. The Kier molecular flexibility index (Phi) is 4.58. The Morgan fingerprint density at radius 1 is 1.00 bits per heavy atom. The maximum Gasteiger partial charge on any atom is 0.139 e. The second-order valence-corrected chi connectivity index (χ2v) is 12.7. The lowest BCUT2D eigenvalue weighted by molar-refractivity contribution is -0.203. The predicted octanol–water partition coefficient (Wildman–Crippen LogP) is 4.54. The topological polar surface area (TPSA) is 55.7 Å². The van der Waals surface area contributed by atoms with Gasteiger partial charge < -0.3 is 15.5 Å². The summed E-state index contributed by atoms with van der Waals surface area (Å²) in [4.78, 5) is 2.70. The molecule has 0 aromatic heterocycles. The van der Waals surface area contributed by atoms with Gasteiger partial charge in [0.25, 0.3) is 0 Å². The van der Waals surface area contributed by atoms with Crippen LogP contribution in [0.1, 0.15) is 75.3 Å². The fourth-order valence-electron chi connectivity index (χ4n) is 10.3. The summed E-state index contributed by atoms with van der Waals surface area (Å²) in [5, 5.41) is 27.8. The van der Waals surface area contributed by atoms with Crippen molar-refractivity contribution < 1.29 is 10.2 Å². The molecule has 1 aromatic rings. The van der Waals surface area contributed by atoms with Gasteiger partial charge in [-0.2, -0.15) is 13.5 Å². The van der Waals surface area contributed by atoms with Gasteiger partial charge in [-0.15, -0.1) is 0 Å². The van der Waals surface area contributed by atoms with Crippen LogP contribution < -0.4 is 5.32 Å². The average Bonchev–Trinajstić information content (AvgIpc) is 3.54. The molecule has 3 N–H and O–H groups in total. The van der Waals surface area contributed by atoms with Crippen LogP contribution in [0.4, 0.5) is 5.69 Å². The van der Waals surface area contributed by atoms with E-state index in [-0.39, 0.29) is 25.0 Å². The first-order valence-corrected chi connectivity index (χ1v) is 13.7. The van der Waals surface area contributed by atoms with Gasteiger partial charge in [0.1, 0.15) is 5.75 Å². The van der Waals surface area contributed by atoms with Gasteiger partial charge >= 0.3 is 0 Å². The van der Waals surface area contributed by atoms with Gasteiger partial charge in [0.2, 0.25) is 0 Å². The van der Waals surface area contributed by atoms with Gasteiger partial charge in [-0.25, -0.2) is 0 Å². The van der Waals surface area contributed by atoms with Crippen molar-refractivity contribution in [2.75, 3.05) is 18.4 Å². The number of piperidine rings is 1. The molecule has 0 amide bonds. The zero-order chi connectivity index (χ0) is 21.2. The maximum atomic E-state index is 13.0. The Bertz CT molecular complexity index is 981. The third kappa shape index (κ3) is 2.57. The lowest BCUT2D eigenvalue weighted by Crippen LogP contribution is -2.78. The van der Waals surface area contributed by atoms with Crippen molar-refractivity contribution in [3.8, 4) is 5.75 Å². The quantitative estimate of drug-likeness (QED) is 0.558. The third-order valence-electron chi connectivity index (χ3n) is 11.6. The average molecular weight is 469 g/mol. The molecule has 33 heavy (non-hydrogen) atoms. The number of nitrogens with one attached hydrogen (secondary N) is 1. The summed E-state index contributed by atoms with van der Waals surface area (Å²) in [5.41, 5.74) is 2.82. The molecule has 2 aliphatic heterocycles. The summed E-state index contributed by atoms with van der Waals surface area (Å²) in [7, 11) is 0. The second kappa shape index (κ2) is 7.07. The highest BCUT2D eigenvalue weighted by atomic mass is 32.1. The van der Waals surface area contributed by atoms with E-state index in [9.17, 15) is 10.2 Å². The summed E-state index contributed by atoms with van der Waals surface area (Å²) in [6.07, 6.45) is 14.0. The molecule has 5 heteroatoms. The minimum absolute atomic E-state index is 0. The zero-order valence-corrected chi connectivity index (χ0v) is 20.7. The van der Waals surface area contributed by atoms with E-state index in [0.717, 1.165) is 49.2 Å². The number of rotatable bonds is 2. The zero-order valence-electron chi connectivity index (χ0n) is 19.7. The number of aromatic hydroxyl groups is 1. The first-order valence-electron chi connectivity index (χ1n) is 13.7. The Hall–Kier alpha value is -0.910. The van der Waals surface area contributed by atoms with Gasteiger partial charge in [-0.05, 0) is 105 Å². The van der Waals surface area contributed by atoms with E-state index in [2.05, 4.69) is 16.3 Å². The lowest BCUT2D eigenvalue weighted by atomic mass is 9.42. The molecular weight excluding hydrogens is 428 g/mol. The van der Waals surface area contributed by atoms with Crippen molar-refractivity contribution in [2.24, 2.45) is 29.6 Å². The van der Waals surface area contributed by atoms with Crippen molar-refractivity contribution in [2.45, 2.75) is 93.7 Å². The predicted molar refractivity (Wildman–Crippen MR) is 135 cm³/mol. The van der Waals surface area contributed by atoms with Crippen LogP contribution in [0.2, 0.25) is 0 Å². The number of aliphatic hydroxyl groups is 1. The molecule has 6 unspecified atom stereocenters. The van der Waals surface area contributed by atoms with Crippen LogP contribution in [-0.2, 0) is 11.8 Å². The number of nitrogens with zero attached hydrogens (tertiary/aromatic N) is 1. The van der Waals surface area contributed by atoms with Crippen LogP contribution in [0.5, 0.6) is 5.75 Å². The van der Waals surface area contributed by atoms with Crippen molar-refractivity contribution in [3.05, 3.63) is 23.3 Å². The number of phenolic OH excluding ortho intramolecular Hbond substituents is 1. The monoisotopic (exact) mass is 468 g/mol. The van der Waals surface area contributed by atoms with Crippen LogP contribution >= 0.6 is 13.5 Å². The lowest BCUT2D eigenvalue weighted by Gasteiger charge is -2.68. The van der Waals surface area contributed by atoms with Gasteiger partial charge in [-0.1, -0.05) is 25.3 Å². The van der Waals surface area contributed by atoms with E-state index >= 15 is 0 Å².